The van der Waals surface area contributed by atoms with E-state index >= 15 is 0 Å². The summed E-state index contributed by atoms with van der Waals surface area (Å²) in [7, 11) is 0. The monoisotopic (exact) mass is 306 g/mol. The van der Waals surface area contributed by atoms with Crippen LogP contribution in [0.4, 0.5) is 4.39 Å². The Morgan fingerprint density at radius 1 is 1.50 bits per heavy atom. The first-order valence-corrected chi connectivity index (χ1v) is 7.14. The van der Waals surface area contributed by atoms with E-state index in [-0.39, 0.29) is 18.3 Å². The van der Waals surface area contributed by atoms with E-state index in [0.717, 1.165) is 12.0 Å². The molecule has 0 bridgehead atoms. The van der Waals surface area contributed by atoms with E-state index in [9.17, 15) is 14.3 Å². The molecule has 118 valence electrons. The van der Waals surface area contributed by atoms with Crippen molar-refractivity contribution in [3.05, 3.63) is 47.5 Å². The van der Waals surface area contributed by atoms with E-state index in [1.807, 2.05) is 6.07 Å². The molecule has 22 heavy (non-hydrogen) atoms. The van der Waals surface area contributed by atoms with Crippen molar-refractivity contribution < 1.29 is 14.3 Å². The normalized spacial score (nSPS) is 12.1. The number of halogens is 1. The highest BCUT2D eigenvalue weighted by Gasteiger charge is 2.08. The van der Waals surface area contributed by atoms with Gasteiger partial charge in [0.25, 0.3) is 0 Å². The summed E-state index contributed by atoms with van der Waals surface area (Å²) in [6, 6.07) is 6.44. The van der Waals surface area contributed by atoms with Gasteiger partial charge in [-0.15, -0.1) is 5.10 Å². The first kappa shape index (κ1) is 16.1. The molecule has 1 heterocycles. The van der Waals surface area contributed by atoms with Gasteiger partial charge in [-0.2, -0.15) is 0 Å². The number of aromatic nitrogens is 3. The van der Waals surface area contributed by atoms with Crippen LogP contribution in [0.5, 0.6) is 0 Å². The summed E-state index contributed by atoms with van der Waals surface area (Å²) in [6.45, 7) is 2.15. The van der Waals surface area contributed by atoms with E-state index in [1.165, 1.54) is 23.0 Å². The van der Waals surface area contributed by atoms with Gasteiger partial charge < -0.3 is 10.4 Å². The fraction of sp³-hybridized carbons (Fsp3) is 0.400. The van der Waals surface area contributed by atoms with Crippen LogP contribution in [0.15, 0.2) is 30.5 Å². The lowest BCUT2D eigenvalue weighted by molar-refractivity contribution is -0.121. The van der Waals surface area contributed by atoms with E-state index < -0.39 is 6.10 Å². The van der Waals surface area contributed by atoms with Crippen LogP contribution in [0.3, 0.4) is 0 Å². The molecule has 1 atom stereocenters. The first-order chi connectivity index (χ1) is 10.5. The molecule has 0 aliphatic carbocycles. The van der Waals surface area contributed by atoms with Gasteiger partial charge in [0.05, 0.1) is 12.3 Å². The van der Waals surface area contributed by atoms with Gasteiger partial charge in [0, 0.05) is 6.54 Å². The van der Waals surface area contributed by atoms with Crippen molar-refractivity contribution in [2.75, 3.05) is 6.54 Å². The molecule has 6 nitrogen and oxygen atoms in total. The highest BCUT2D eigenvalue weighted by atomic mass is 19.1. The lowest BCUT2D eigenvalue weighted by Crippen LogP contribution is -2.28. The average molecular weight is 306 g/mol. The Morgan fingerprint density at radius 2 is 2.32 bits per heavy atom. The van der Waals surface area contributed by atoms with Crippen LogP contribution in [-0.2, 0) is 17.8 Å². The zero-order valence-electron chi connectivity index (χ0n) is 12.4. The fourth-order valence-corrected chi connectivity index (χ4v) is 2.00. The first-order valence-electron chi connectivity index (χ1n) is 7.14. The van der Waals surface area contributed by atoms with Gasteiger partial charge in [0.15, 0.2) is 0 Å². The number of nitrogens with one attached hydrogen (secondary N) is 1. The van der Waals surface area contributed by atoms with Gasteiger partial charge in [-0.05, 0) is 37.5 Å². The summed E-state index contributed by atoms with van der Waals surface area (Å²) in [5.41, 5.74) is 1.34. The van der Waals surface area contributed by atoms with Crippen LogP contribution in [0.25, 0.3) is 0 Å². The SMILES string of the molecule is C[C@H](O)c1cn(CC(=O)NCCCc2cccc(F)c2)nn1. The summed E-state index contributed by atoms with van der Waals surface area (Å²) >= 11 is 0. The number of nitrogens with zero attached hydrogens (tertiary/aromatic N) is 3. The third-order valence-electron chi connectivity index (χ3n) is 3.14. The number of aliphatic hydroxyl groups excluding tert-OH is 1. The maximum Gasteiger partial charge on any atom is 0.241 e. The minimum Gasteiger partial charge on any atom is -0.387 e. The van der Waals surface area contributed by atoms with Crippen LogP contribution in [0.2, 0.25) is 0 Å². The van der Waals surface area contributed by atoms with Gasteiger partial charge in [0.1, 0.15) is 18.1 Å². The van der Waals surface area contributed by atoms with Crippen molar-refractivity contribution in [2.24, 2.45) is 0 Å². The lowest BCUT2D eigenvalue weighted by atomic mass is 10.1. The molecule has 0 saturated heterocycles. The number of hydrogen-bond acceptors (Lipinski definition) is 4. The van der Waals surface area contributed by atoms with E-state index in [4.69, 9.17) is 0 Å². The van der Waals surface area contributed by atoms with Crippen LogP contribution in [-0.4, -0.2) is 32.6 Å². The predicted molar refractivity (Wildman–Crippen MR) is 78.4 cm³/mol. The predicted octanol–water partition coefficient (Wildman–Crippen LogP) is 1.22. The highest BCUT2D eigenvalue weighted by Crippen LogP contribution is 2.06. The maximum atomic E-state index is 13.0. The molecular weight excluding hydrogens is 287 g/mol. The Hall–Kier alpha value is -2.28. The number of carbonyl (C=O) groups is 1. The van der Waals surface area contributed by atoms with Crippen LogP contribution < -0.4 is 5.32 Å². The summed E-state index contributed by atoms with van der Waals surface area (Å²) < 4.78 is 14.4. The van der Waals surface area contributed by atoms with Gasteiger partial charge in [-0.1, -0.05) is 17.3 Å². The second-order valence-electron chi connectivity index (χ2n) is 5.10. The number of carbonyl (C=O) groups excluding carboxylic acids is 1. The topological polar surface area (TPSA) is 80.0 Å². The number of benzene rings is 1. The molecule has 1 aromatic carbocycles. The zero-order chi connectivity index (χ0) is 15.9. The molecule has 2 N–H and O–H groups in total. The second kappa shape index (κ2) is 7.65. The van der Waals surface area contributed by atoms with Gasteiger partial charge in [-0.3, -0.25) is 4.79 Å². The largest absolute Gasteiger partial charge is 0.387 e. The molecule has 7 heteroatoms. The maximum absolute atomic E-state index is 13.0. The van der Waals surface area contributed by atoms with Crippen LogP contribution in [0, 0.1) is 5.82 Å². The molecule has 1 aromatic heterocycles. The fourth-order valence-electron chi connectivity index (χ4n) is 2.00. The van der Waals surface area contributed by atoms with E-state index in [0.29, 0.717) is 18.7 Å². The molecule has 2 rings (SSSR count). The van der Waals surface area contributed by atoms with Crippen molar-refractivity contribution in [3.63, 3.8) is 0 Å². The van der Waals surface area contributed by atoms with E-state index in [1.54, 1.807) is 13.0 Å². The molecule has 0 saturated carbocycles. The molecular formula is C15H19FN4O2. The lowest BCUT2D eigenvalue weighted by Gasteiger charge is -2.05. The molecule has 2 aromatic rings. The minimum absolute atomic E-state index is 0.0552. The zero-order valence-corrected chi connectivity index (χ0v) is 12.4. The molecule has 0 unspecified atom stereocenters. The Morgan fingerprint density at radius 3 is 3.00 bits per heavy atom. The smallest absolute Gasteiger partial charge is 0.241 e. The van der Waals surface area contributed by atoms with Crippen molar-refractivity contribution in [1.82, 2.24) is 20.3 Å². The van der Waals surface area contributed by atoms with E-state index in [2.05, 4.69) is 15.6 Å². The van der Waals surface area contributed by atoms with Crippen LogP contribution in [0.1, 0.15) is 30.7 Å². The summed E-state index contributed by atoms with van der Waals surface area (Å²) in [6.07, 6.45) is 2.26. The molecule has 0 radical (unpaired) electrons. The van der Waals surface area contributed by atoms with Crippen molar-refractivity contribution in [3.8, 4) is 0 Å². The molecule has 1 amide bonds. The standard InChI is InChI=1S/C15H19FN4O2/c1-11(21)14-9-20(19-18-14)10-15(22)17-7-3-5-12-4-2-6-13(16)8-12/h2,4,6,8-9,11,21H,3,5,7,10H2,1H3,(H,17,22)/t11-/m0/s1. The Bertz CT molecular complexity index is 628. The molecule has 0 fully saturated rings. The van der Waals surface area contributed by atoms with Gasteiger partial charge >= 0.3 is 0 Å². The Kier molecular flexibility index (Phi) is 5.60. The summed E-state index contributed by atoms with van der Waals surface area (Å²) in [5.74, 6) is -0.428. The Balaban J connectivity index is 1.69. The minimum atomic E-state index is -0.705. The highest BCUT2D eigenvalue weighted by molar-refractivity contribution is 5.75. The van der Waals surface area contributed by atoms with Gasteiger partial charge in [-0.25, -0.2) is 9.07 Å². The Labute approximate surface area is 128 Å². The van der Waals surface area contributed by atoms with Crippen molar-refractivity contribution in [2.45, 2.75) is 32.4 Å². The molecule has 0 spiro atoms. The second-order valence-corrected chi connectivity index (χ2v) is 5.10. The average Bonchev–Trinajstić information content (AvgIpc) is 2.92. The number of amides is 1. The summed E-state index contributed by atoms with van der Waals surface area (Å²) in [4.78, 5) is 11.7. The molecule has 0 aliphatic rings. The number of aryl methyl sites for hydroxylation is 1. The number of aliphatic hydroxyl groups is 1. The quantitative estimate of drug-likeness (QED) is 0.754. The third kappa shape index (κ3) is 4.92. The van der Waals surface area contributed by atoms with Crippen molar-refractivity contribution in [1.29, 1.82) is 0 Å². The van der Waals surface area contributed by atoms with Crippen LogP contribution >= 0.6 is 0 Å². The third-order valence-corrected chi connectivity index (χ3v) is 3.14. The number of hydrogen-bond donors (Lipinski definition) is 2. The van der Waals surface area contributed by atoms with Crippen molar-refractivity contribution >= 4 is 5.91 Å². The number of rotatable bonds is 7. The van der Waals surface area contributed by atoms with Gasteiger partial charge in [0.2, 0.25) is 5.91 Å². The summed E-state index contributed by atoms with van der Waals surface area (Å²) in [5, 5.41) is 19.6. The molecule has 0 aliphatic heterocycles.